The van der Waals surface area contributed by atoms with Crippen molar-refractivity contribution in [3.05, 3.63) is 24.2 Å². The van der Waals surface area contributed by atoms with Gasteiger partial charge in [-0.25, -0.2) is 0 Å². The summed E-state index contributed by atoms with van der Waals surface area (Å²) in [7, 11) is 1.74. The molecule has 0 amide bonds. The van der Waals surface area contributed by atoms with Crippen LogP contribution in [-0.4, -0.2) is 79.8 Å². The van der Waals surface area contributed by atoms with E-state index in [0.717, 1.165) is 26.2 Å². The van der Waals surface area contributed by atoms with Crippen LogP contribution in [0.25, 0.3) is 0 Å². The number of nitrogens with one attached hydrogen (secondary N) is 2. The first-order valence-corrected chi connectivity index (χ1v) is 8.26. The molecule has 3 N–H and O–H groups in total. The summed E-state index contributed by atoms with van der Waals surface area (Å²) in [6.45, 7) is 8.74. The van der Waals surface area contributed by atoms with Gasteiger partial charge in [-0.05, 0) is 19.1 Å². The van der Waals surface area contributed by atoms with E-state index in [4.69, 9.17) is 4.42 Å². The van der Waals surface area contributed by atoms with Crippen LogP contribution in [0.1, 0.15) is 12.7 Å². The van der Waals surface area contributed by atoms with E-state index in [2.05, 4.69) is 25.4 Å². The van der Waals surface area contributed by atoms with Crippen LogP contribution in [0.15, 0.2) is 27.8 Å². The minimum Gasteiger partial charge on any atom is -0.466 e. The van der Waals surface area contributed by atoms with Crippen LogP contribution in [0.4, 0.5) is 0 Å². The van der Waals surface area contributed by atoms with Gasteiger partial charge in [0.1, 0.15) is 11.4 Å². The van der Waals surface area contributed by atoms with Crippen molar-refractivity contribution in [2.45, 2.75) is 18.6 Å². The molecule has 2 atom stereocenters. The molecular formula is C16H28IN5O2. The molecule has 3 aliphatic heterocycles. The Hall–Kier alpha value is -0.840. The van der Waals surface area contributed by atoms with Gasteiger partial charge in [-0.1, -0.05) is 0 Å². The van der Waals surface area contributed by atoms with E-state index in [1.165, 1.54) is 13.1 Å². The molecule has 0 aromatic carbocycles. The SMILES string of the molecule is CN=C(NCC1CN2CCN1CC2)NCC(C)(O)c1ccco1.I. The Balaban J connectivity index is 0.00000208. The minimum absolute atomic E-state index is 0. The van der Waals surface area contributed by atoms with E-state index in [-0.39, 0.29) is 24.0 Å². The van der Waals surface area contributed by atoms with Gasteiger partial charge in [-0.3, -0.25) is 14.8 Å². The monoisotopic (exact) mass is 449 g/mol. The van der Waals surface area contributed by atoms with Crippen molar-refractivity contribution >= 4 is 29.9 Å². The molecule has 8 heteroatoms. The Morgan fingerprint density at radius 1 is 1.38 bits per heavy atom. The van der Waals surface area contributed by atoms with E-state index in [9.17, 15) is 5.11 Å². The maximum absolute atomic E-state index is 10.5. The zero-order valence-corrected chi connectivity index (χ0v) is 16.7. The van der Waals surface area contributed by atoms with Crippen LogP contribution >= 0.6 is 24.0 Å². The molecular weight excluding hydrogens is 421 g/mol. The summed E-state index contributed by atoms with van der Waals surface area (Å²) in [6.07, 6.45) is 1.57. The van der Waals surface area contributed by atoms with Crippen molar-refractivity contribution in [2.75, 3.05) is 52.9 Å². The fourth-order valence-electron chi connectivity index (χ4n) is 3.28. The van der Waals surface area contributed by atoms with Gasteiger partial charge in [0.2, 0.25) is 0 Å². The molecule has 24 heavy (non-hydrogen) atoms. The molecule has 0 spiro atoms. The molecule has 3 fully saturated rings. The molecule has 0 aliphatic carbocycles. The lowest BCUT2D eigenvalue weighted by atomic mass is 10.0. The first kappa shape index (κ1) is 19.5. The summed E-state index contributed by atoms with van der Waals surface area (Å²) in [5.74, 6) is 1.25. The molecule has 0 saturated carbocycles. The molecule has 3 aliphatic rings. The number of fused-ring (bicyclic) bond motifs is 3. The number of guanidine groups is 1. The highest BCUT2D eigenvalue weighted by molar-refractivity contribution is 14.0. The van der Waals surface area contributed by atoms with Crippen LogP contribution in [0.3, 0.4) is 0 Å². The Labute approximate surface area is 160 Å². The third-order valence-corrected chi connectivity index (χ3v) is 4.77. The second-order valence-corrected chi connectivity index (χ2v) is 6.55. The lowest BCUT2D eigenvalue weighted by Gasteiger charge is -2.47. The molecule has 7 nitrogen and oxygen atoms in total. The maximum atomic E-state index is 10.5. The maximum Gasteiger partial charge on any atom is 0.191 e. The largest absolute Gasteiger partial charge is 0.466 e. The second-order valence-electron chi connectivity index (χ2n) is 6.55. The predicted octanol–water partition coefficient (Wildman–Crippen LogP) is 0.270. The highest BCUT2D eigenvalue weighted by Crippen LogP contribution is 2.19. The van der Waals surface area contributed by atoms with Crippen LogP contribution in [0, 0.1) is 0 Å². The summed E-state index contributed by atoms with van der Waals surface area (Å²) in [6, 6.07) is 4.08. The van der Waals surface area contributed by atoms with E-state index < -0.39 is 5.60 Å². The van der Waals surface area contributed by atoms with Crippen molar-refractivity contribution in [2.24, 2.45) is 4.99 Å². The Kier molecular flexibility index (Phi) is 6.90. The highest BCUT2D eigenvalue weighted by atomic mass is 127. The van der Waals surface area contributed by atoms with Gasteiger partial charge in [0.25, 0.3) is 0 Å². The average Bonchev–Trinajstić information content (AvgIpc) is 3.11. The third kappa shape index (κ3) is 4.62. The van der Waals surface area contributed by atoms with Gasteiger partial charge in [0.05, 0.1) is 12.8 Å². The molecule has 1 aromatic rings. The molecule has 4 rings (SSSR count). The predicted molar refractivity (Wildman–Crippen MR) is 105 cm³/mol. The van der Waals surface area contributed by atoms with Crippen molar-refractivity contribution < 1.29 is 9.52 Å². The van der Waals surface area contributed by atoms with Gasteiger partial charge in [-0.2, -0.15) is 0 Å². The number of piperazine rings is 3. The number of halogens is 1. The standard InChI is InChI=1S/C16H27N5O2.HI/c1-16(22,14-4-3-9-23-14)12-19-15(17-2)18-10-13-11-20-5-7-21(13)8-6-20;/h3-4,9,13,22H,5-8,10-12H2,1-2H3,(H2,17,18,19);1H. The van der Waals surface area contributed by atoms with Crippen LogP contribution in [0.5, 0.6) is 0 Å². The molecule has 0 radical (unpaired) electrons. The number of rotatable bonds is 5. The van der Waals surface area contributed by atoms with Crippen molar-refractivity contribution in [1.29, 1.82) is 0 Å². The fraction of sp³-hybridized carbons (Fsp3) is 0.688. The van der Waals surface area contributed by atoms with Crippen molar-refractivity contribution in [1.82, 2.24) is 20.4 Å². The molecule has 136 valence electrons. The van der Waals surface area contributed by atoms with E-state index in [1.807, 2.05) is 0 Å². The van der Waals surface area contributed by atoms with Gasteiger partial charge in [0.15, 0.2) is 5.96 Å². The molecule has 2 unspecified atom stereocenters. The zero-order chi connectivity index (χ0) is 16.3. The second kappa shape index (κ2) is 8.50. The lowest BCUT2D eigenvalue weighted by Crippen LogP contribution is -2.64. The highest BCUT2D eigenvalue weighted by Gasteiger charge is 2.32. The quantitative estimate of drug-likeness (QED) is 0.341. The number of furan rings is 1. The van der Waals surface area contributed by atoms with Crippen LogP contribution in [-0.2, 0) is 5.60 Å². The average molecular weight is 449 g/mol. The third-order valence-electron chi connectivity index (χ3n) is 4.77. The Morgan fingerprint density at radius 3 is 2.67 bits per heavy atom. The summed E-state index contributed by atoms with van der Waals surface area (Å²) in [5.41, 5.74) is -1.07. The number of hydrogen-bond acceptors (Lipinski definition) is 5. The lowest BCUT2D eigenvalue weighted by molar-refractivity contribution is 0.0152. The first-order valence-electron chi connectivity index (χ1n) is 8.26. The number of aliphatic hydroxyl groups is 1. The normalized spacial score (nSPS) is 28.8. The number of hydrogen-bond donors (Lipinski definition) is 3. The van der Waals surface area contributed by atoms with Gasteiger partial charge in [0, 0.05) is 52.4 Å². The first-order chi connectivity index (χ1) is 11.1. The number of aliphatic imine (C=N–C) groups is 1. The Morgan fingerprint density at radius 2 is 2.12 bits per heavy atom. The minimum atomic E-state index is -1.07. The van der Waals surface area contributed by atoms with E-state index >= 15 is 0 Å². The van der Waals surface area contributed by atoms with Gasteiger partial charge < -0.3 is 20.2 Å². The smallest absolute Gasteiger partial charge is 0.191 e. The summed E-state index contributed by atoms with van der Waals surface area (Å²) < 4.78 is 5.29. The van der Waals surface area contributed by atoms with Crippen LogP contribution < -0.4 is 10.6 Å². The topological polar surface area (TPSA) is 76.3 Å². The summed E-state index contributed by atoms with van der Waals surface area (Å²) in [4.78, 5) is 9.30. The van der Waals surface area contributed by atoms with E-state index in [0.29, 0.717) is 24.3 Å². The van der Waals surface area contributed by atoms with E-state index in [1.54, 1.807) is 32.4 Å². The molecule has 3 saturated heterocycles. The van der Waals surface area contributed by atoms with Crippen molar-refractivity contribution in [3.63, 3.8) is 0 Å². The molecule has 2 bridgehead atoms. The number of nitrogens with zero attached hydrogens (tertiary/aromatic N) is 3. The fourth-order valence-corrected chi connectivity index (χ4v) is 3.28. The summed E-state index contributed by atoms with van der Waals surface area (Å²) >= 11 is 0. The van der Waals surface area contributed by atoms with Gasteiger partial charge in [-0.15, -0.1) is 24.0 Å². The summed E-state index contributed by atoms with van der Waals surface area (Å²) in [5, 5.41) is 17.0. The zero-order valence-electron chi connectivity index (χ0n) is 14.4. The molecule has 1 aromatic heterocycles. The molecule has 4 heterocycles. The van der Waals surface area contributed by atoms with Gasteiger partial charge >= 0.3 is 0 Å². The van der Waals surface area contributed by atoms with Crippen LogP contribution in [0.2, 0.25) is 0 Å². The Bertz CT molecular complexity index is 527. The van der Waals surface area contributed by atoms with Crippen molar-refractivity contribution in [3.8, 4) is 0 Å².